The zero-order valence-electron chi connectivity index (χ0n) is 9.84. The van der Waals surface area contributed by atoms with Gasteiger partial charge in [-0.05, 0) is 27.2 Å². The third kappa shape index (κ3) is 11.0. The Balaban J connectivity index is 3.28. The van der Waals surface area contributed by atoms with Crippen LogP contribution in [0.4, 0.5) is 0 Å². The standard InChI is InChI=1S/C11H21NO3/c1-9(2)15-8-4-7-12-11(14)6-5-10(3)13/h9H,4-8H2,1-3H3,(H,12,14). The van der Waals surface area contributed by atoms with Crippen LogP contribution in [0.15, 0.2) is 0 Å². The highest BCUT2D eigenvalue weighted by Crippen LogP contribution is 1.92. The number of hydrogen-bond donors (Lipinski definition) is 1. The fourth-order valence-electron chi connectivity index (χ4n) is 0.997. The van der Waals surface area contributed by atoms with Gasteiger partial charge in [-0.25, -0.2) is 0 Å². The summed E-state index contributed by atoms with van der Waals surface area (Å²) in [7, 11) is 0. The van der Waals surface area contributed by atoms with E-state index in [0.29, 0.717) is 26.0 Å². The summed E-state index contributed by atoms with van der Waals surface area (Å²) in [5.41, 5.74) is 0. The van der Waals surface area contributed by atoms with E-state index >= 15 is 0 Å². The number of amides is 1. The molecule has 1 N–H and O–H groups in total. The molecule has 0 fully saturated rings. The molecule has 0 aromatic carbocycles. The molecule has 0 saturated carbocycles. The first-order valence-electron chi connectivity index (χ1n) is 5.40. The van der Waals surface area contributed by atoms with E-state index in [4.69, 9.17) is 4.74 Å². The molecule has 0 aliphatic heterocycles. The van der Waals surface area contributed by atoms with Gasteiger partial charge in [0.05, 0.1) is 6.10 Å². The first-order valence-corrected chi connectivity index (χ1v) is 5.40. The zero-order valence-corrected chi connectivity index (χ0v) is 9.84. The van der Waals surface area contributed by atoms with Gasteiger partial charge < -0.3 is 14.8 Å². The highest BCUT2D eigenvalue weighted by atomic mass is 16.5. The van der Waals surface area contributed by atoms with E-state index in [1.807, 2.05) is 13.8 Å². The Morgan fingerprint density at radius 1 is 1.27 bits per heavy atom. The van der Waals surface area contributed by atoms with Crippen LogP contribution in [-0.2, 0) is 14.3 Å². The van der Waals surface area contributed by atoms with Gasteiger partial charge in [-0.15, -0.1) is 0 Å². The Bertz CT molecular complexity index is 202. The van der Waals surface area contributed by atoms with Gasteiger partial charge in [0.25, 0.3) is 0 Å². The highest BCUT2D eigenvalue weighted by molar-refractivity contribution is 5.83. The van der Waals surface area contributed by atoms with Crippen LogP contribution in [0.5, 0.6) is 0 Å². The quantitative estimate of drug-likeness (QED) is 0.621. The van der Waals surface area contributed by atoms with Gasteiger partial charge in [0, 0.05) is 26.0 Å². The molecule has 15 heavy (non-hydrogen) atoms. The molecule has 0 aliphatic carbocycles. The van der Waals surface area contributed by atoms with Crippen LogP contribution in [0.1, 0.15) is 40.0 Å². The summed E-state index contributed by atoms with van der Waals surface area (Å²) in [6, 6.07) is 0. The van der Waals surface area contributed by atoms with Crippen LogP contribution in [0.25, 0.3) is 0 Å². The molecule has 1 amide bonds. The highest BCUT2D eigenvalue weighted by Gasteiger charge is 2.02. The van der Waals surface area contributed by atoms with Gasteiger partial charge in [0.1, 0.15) is 5.78 Å². The van der Waals surface area contributed by atoms with E-state index in [-0.39, 0.29) is 17.8 Å². The van der Waals surface area contributed by atoms with Crippen LogP contribution < -0.4 is 5.32 Å². The number of carbonyl (C=O) groups is 2. The Morgan fingerprint density at radius 2 is 1.93 bits per heavy atom. The number of carbonyl (C=O) groups excluding carboxylic acids is 2. The van der Waals surface area contributed by atoms with E-state index in [1.165, 1.54) is 6.92 Å². The Kier molecular flexibility index (Phi) is 7.91. The largest absolute Gasteiger partial charge is 0.379 e. The summed E-state index contributed by atoms with van der Waals surface area (Å²) in [5, 5.41) is 2.74. The van der Waals surface area contributed by atoms with E-state index in [0.717, 1.165) is 6.42 Å². The first kappa shape index (κ1) is 14.1. The maximum absolute atomic E-state index is 11.1. The van der Waals surface area contributed by atoms with Gasteiger partial charge in [-0.2, -0.15) is 0 Å². The predicted octanol–water partition coefficient (Wildman–Crippen LogP) is 1.29. The molecule has 0 bridgehead atoms. The van der Waals surface area contributed by atoms with Gasteiger partial charge in [0.15, 0.2) is 0 Å². The number of Topliss-reactive ketones (excluding diaryl/α,β-unsaturated/α-hetero) is 1. The second-order valence-electron chi connectivity index (χ2n) is 3.83. The minimum Gasteiger partial charge on any atom is -0.379 e. The minimum absolute atomic E-state index is 0.0493. The summed E-state index contributed by atoms with van der Waals surface area (Å²) in [5.74, 6) is -0.0111. The minimum atomic E-state index is -0.0604. The lowest BCUT2D eigenvalue weighted by atomic mass is 10.2. The van der Waals surface area contributed by atoms with Crippen LogP contribution in [-0.4, -0.2) is 30.9 Å². The number of hydrogen-bond acceptors (Lipinski definition) is 3. The Hall–Kier alpha value is -0.900. The van der Waals surface area contributed by atoms with Crippen LogP contribution in [0.3, 0.4) is 0 Å². The number of ether oxygens (including phenoxy) is 1. The number of rotatable bonds is 8. The smallest absolute Gasteiger partial charge is 0.220 e. The molecular weight excluding hydrogens is 194 g/mol. The predicted molar refractivity (Wildman–Crippen MR) is 58.6 cm³/mol. The maximum atomic E-state index is 11.1. The average Bonchev–Trinajstić information content (AvgIpc) is 2.13. The molecule has 0 rings (SSSR count). The number of ketones is 1. The van der Waals surface area contributed by atoms with Crippen molar-refractivity contribution in [2.24, 2.45) is 0 Å². The average molecular weight is 215 g/mol. The van der Waals surface area contributed by atoms with Crippen molar-refractivity contribution in [3.05, 3.63) is 0 Å². The normalized spacial score (nSPS) is 10.4. The van der Waals surface area contributed by atoms with Gasteiger partial charge in [-0.3, -0.25) is 4.79 Å². The third-order valence-corrected chi connectivity index (χ3v) is 1.80. The molecular formula is C11H21NO3. The molecule has 0 aromatic rings. The van der Waals surface area contributed by atoms with E-state index < -0.39 is 0 Å². The number of nitrogens with one attached hydrogen (secondary N) is 1. The summed E-state index contributed by atoms with van der Waals surface area (Å²) in [6.45, 7) is 6.72. The van der Waals surface area contributed by atoms with Crippen LogP contribution >= 0.6 is 0 Å². The van der Waals surface area contributed by atoms with Crippen molar-refractivity contribution in [3.8, 4) is 0 Å². The summed E-state index contributed by atoms with van der Waals surface area (Å²) in [6.07, 6.45) is 1.66. The monoisotopic (exact) mass is 215 g/mol. The first-order chi connectivity index (χ1) is 7.02. The second kappa shape index (κ2) is 8.41. The SMILES string of the molecule is CC(=O)CCC(=O)NCCCOC(C)C. The van der Waals surface area contributed by atoms with Gasteiger partial charge >= 0.3 is 0 Å². The Morgan fingerprint density at radius 3 is 2.47 bits per heavy atom. The van der Waals surface area contributed by atoms with Crippen LogP contribution in [0, 0.1) is 0 Å². The van der Waals surface area contributed by atoms with E-state index in [9.17, 15) is 9.59 Å². The van der Waals surface area contributed by atoms with E-state index in [1.54, 1.807) is 0 Å². The van der Waals surface area contributed by atoms with Crippen molar-refractivity contribution in [3.63, 3.8) is 0 Å². The lowest BCUT2D eigenvalue weighted by molar-refractivity contribution is -0.124. The van der Waals surface area contributed by atoms with Crippen LogP contribution in [0.2, 0.25) is 0 Å². The molecule has 4 nitrogen and oxygen atoms in total. The molecule has 0 aromatic heterocycles. The molecule has 0 unspecified atom stereocenters. The molecule has 0 radical (unpaired) electrons. The molecule has 0 aliphatic rings. The van der Waals surface area contributed by atoms with Gasteiger partial charge in [0.2, 0.25) is 5.91 Å². The molecule has 0 saturated heterocycles. The fourth-order valence-corrected chi connectivity index (χ4v) is 0.997. The summed E-state index contributed by atoms with van der Waals surface area (Å²) in [4.78, 5) is 21.7. The second-order valence-corrected chi connectivity index (χ2v) is 3.83. The van der Waals surface area contributed by atoms with Crippen molar-refractivity contribution in [1.29, 1.82) is 0 Å². The zero-order chi connectivity index (χ0) is 11.7. The summed E-state index contributed by atoms with van der Waals surface area (Å²) < 4.78 is 5.32. The van der Waals surface area contributed by atoms with Gasteiger partial charge in [-0.1, -0.05) is 0 Å². The molecule has 0 spiro atoms. The molecule has 4 heteroatoms. The van der Waals surface area contributed by atoms with Crippen molar-refractivity contribution < 1.29 is 14.3 Å². The topological polar surface area (TPSA) is 55.4 Å². The fraction of sp³-hybridized carbons (Fsp3) is 0.818. The third-order valence-electron chi connectivity index (χ3n) is 1.80. The molecule has 0 heterocycles. The van der Waals surface area contributed by atoms with Crippen molar-refractivity contribution in [2.45, 2.75) is 46.1 Å². The van der Waals surface area contributed by atoms with Crippen molar-refractivity contribution in [2.75, 3.05) is 13.2 Å². The maximum Gasteiger partial charge on any atom is 0.220 e. The lowest BCUT2D eigenvalue weighted by Gasteiger charge is -2.07. The Labute approximate surface area is 91.4 Å². The molecule has 0 atom stereocenters. The van der Waals surface area contributed by atoms with E-state index in [2.05, 4.69) is 5.32 Å². The van der Waals surface area contributed by atoms with Crippen molar-refractivity contribution in [1.82, 2.24) is 5.32 Å². The van der Waals surface area contributed by atoms with Crippen molar-refractivity contribution >= 4 is 11.7 Å². The molecule has 88 valence electrons. The lowest BCUT2D eigenvalue weighted by Crippen LogP contribution is -2.25. The summed E-state index contributed by atoms with van der Waals surface area (Å²) >= 11 is 0.